The van der Waals surface area contributed by atoms with E-state index in [-0.39, 0.29) is 5.91 Å². The summed E-state index contributed by atoms with van der Waals surface area (Å²) in [5.74, 6) is -0.0547. The highest BCUT2D eigenvalue weighted by molar-refractivity contribution is 7.18. The lowest BCUT2D eigenvalue weighted by molar-refractivity contribution is -0.120. The maximum Gasteiger partial charge on any atom is 0.224 e. The van der Waals surface area contributed by atoms with Gasteiger partial charge in [0, 0.05) is 17.8 Å². The van der Waals surface area contributed by atoms with Crippen LogP contribution in [0.3, 0.4) is 0 Å². The Morgan fingerprint density at radius 1 is 1.35 bits per heavy atom. The minimum atomic E-state index is -0.0547. The fraction of sp³-hybridized carbons (Fsp3) is 0.188. The highest BCUT2D eigenvalue weighted by Crippen LogP contribution is 2.22. The number of carbonyl (C=O) groups is 1. The lowest BCUT2D eigenvalue weighted by Crippen LogP contribution is -2.27. The summed E-state index contributed by atoms with van der Waals surface area (Å²) >= 11 is 7.24. The first-order valence-corrected chi connectivity index (χ1v) is 8.33. The third-order valence-corrected chi connectivity index (χ3v) is 4.71. The number of rotatable bonds is 6. The third-order valence-electron chi connectivity index (χ3n) is 3.42. The van der Waals surface area contributed by atoms with Crippen LogP contribution in [0.25, 0.3) is 11.0 Å². The van der Waals surface area contributed by atoms with Crippen molar-refractivity contribution in [2.45, 2.75) is 12.8 Å². The number of benzene rings is 1. The molecule has 0 saturated carbocycles. The molecule has 3 aromatic rings. The summed E-state index contributed by atoms with van der Waals surface area (Å²) < 4.78 is 0.669. The van der Waals surface area contributed by atoms with Crippen LogP contribution in [0.2, 0.25) is 4.34 Å². The summed E-state index contributed by atoms with van der Waals surface area (Å²) in [6, 6.07) is 9.33. The molecular formula is C16H15ClN4OS. The van der Waals surface area contributed by atoms with Crippen LogP contribution >= 0.6 is 22.9 Å². The van der Waals surface area contributed by atoms with Gasteiger partial charge in [0.1, 0.15) is 0 Å². The first kappa shape index (κ1) is 15.7. The molecule has 0 aliphatic rings. The molecule has 3 N–H and O–H groups in total. The van der Waals surface area contributed by atoms with E-state index in [1.807, 2.05) is 24.3 Å². The van der Waals surface area contributed by atoms with E-state index in [0.29, 0.717) is 29.4 Å². The molecule has 2 heterocycles. The van der Waals surface area contributed by atoms with Crippen LogP contribution in [0, 0.1) is 5.41 Å². The number of carbonyl (C=O) groups excluding carboxylic acids is 1. The molecular weight excluding hydrogens is 332 g/mol. The molecule has 0 saturated heterocycles. The smallest absolute Gasteiger partial charge is 0.224 e. The topological polar surface area (TPSA) is 81.6 Å². The van der Waals surface area contributed by atoms with Crippen molar-refractivity contribution in [1.29, 1.82) is 5.41 Å². The maximum absolute atomic E-state index is 12.0. The van der Waals surface area contributed by atoms with Gasteiger partial charge in [-0.3, -0.25) is 4.79 Å². The molecule has 0 unspecified atom stereocenters. The quantitative estimate of drug-likeness (QED) is 0.598. The summed E-state index contributed by atoms with van der Waals surface area (Å²) in [6.07, 6.45) is 2.44. The van der Waals surface area contributed by atoms with Crippen molar-refractivity contribution in [3.05, 3.63) is 51.4 Å². The molecule has 0 fully saturated rings. The van der Waals surface area contributed by atoms with Gasteiger partial charge in [-0.05, 0) is 29.8 Å². The normalized spacial score (nSPS) is 10.8. The summed E-state index contributed by atoms with van der Waals surface area (Å²) in [5, 5.41) is 10.8. The molecule has 2 aromatic heterocycles. The van der Waals surface area contributed by atoms with E-state index in [1.165, 1.54) is 11.3 Å². The highest BCUT2D eigenvalue weighted by atomic mass is 35.5. The molecule has 3 rings (SSSR count). The van der Waals surface area contributed by atoms with Crippen LogP contribution in [0.1, 0.15) is 16.9 Å². The van der Waals surface area contributed by atoms with Gasteiger partial charge in [0.2, 0.25) is 5.91 Å². The largest absolute Gasteiger partial charge is 0.355 e. The Bertz CT molecular complexity index is 855. The molecule has 7 heteroatoms. The number of nitrogens with zero attached hydrogens (tertiary/aromatic N) is 1. The lowest BCUT2D eigenvalue weighted by atomic mass is 10.1. The Morgan fingerprint density at radius 3 is 3.00 bits per heavy atom. The van der Waals surface area contributed by atoms with Gasteiger partial charge in [-0.15, -0.1) is 11.3 Å². The average molecular weight is 347 g/mol. The van der Waals surface area contributed by atoms with Crippen molar-refractivity contribution in [3.8, 4) is 0 Å². The second-order valence-electron chi connectivity index (χ2n) is 5.11. The number of halogens is 1. The second-order valence-corrected chi connectivity index (χ2v) is 6.83. The molecule has 0 bridgehead atoms. The summed E-state index contributed by atoms with van der Waals surface area (Å²) in [4.78, 5) is 20.0. The van der Waals surface area contributed by atoms with Crippen LogP contribution < -0.4 is 5.32 Å². The molecule has 0 spiro atoms. The number of hydrogen-bond acceptors (Lipinski definition) is 4. The van der Waals surface area contributed by atoms with E-state index >= 15 is 0 Å². The predicted molar refractivity (Wildman–Crippen MR) is 93.6 cm³/mol. The van der Waals surface area contributed by atoms with E-state index in [9.17, 15) is 4.79 Å². The van der Waals surface area contributed by atoms with E-state index in [4.69, 9.17) is 17.0 Å². The number of amides is 1. The van der Waals surface area contributed by atoms with E-state index in [0.717, 1.165) is 21.5 Å². The predicted octanol–water partition coefficient (Wildman–Crippen LogP) is 3.39. The molecule has 0 aliphatic carbocycles. The Balaban J connectivity index is 1.48. The minimum absolute atomic E-state index is 0.0547. The molecule has 1 aromatic carbocycles. The highest BCUT2D eigenvalue weighted by Gasteiger charge is 2.08. The molecule has 1 amide bonds. The molecule has 0 aliphatic heterocycles. The van der Waals surface area contributed by atoms with Crippen molar-refractivity contribution in [3.63, 3.8) is 0 Å². The van der Waals surface area contributed by atoms with Gasteiger partial charge in [0.25, 0.3) is 0 Å². The number of aromatic amines is 1. The van der Waals surface area contributed by atoms with Crippen molar-refractivity contribution in [2.24, 2.45) is 0 Å². The Hall–Kier alpha value is -2.18. The van der Waals surface area contributed by atoms with Gasteiger partial charge in [-0.1, -0.05) is 17.7 Å². The first-order chi connectivity index (χ1) is 11.1. The summed E-state index contributed by atoms with van der Waals surface area (Å²) in [7, 11) is 0. The van der Waals surface area contributed by atoms with Gasteiger partial charge in [-0.25, -0.2) is 4.98 Å². The van der Waals surface area contributed by atoms with Crippen LogP contribution in [0.5, 0.6) is 0 Å². The zero-order chi connectivity index (χ0) is 16.2. The van der Waals surface area contributed by atoms with Gasteiger partial charge in [0.15, 0.2) is 0 Å². The van der Waals surface area contributed by atoms with Gasteiger partial charge >= 0.3 is 0 Å². The average Bonchev–Trinajstić information content (AvgIpc) is 3.15. The lowest BCUT2D eigenvalue weighted by Gasteiger charge is -2.06. The van der Waals surface area contributed by atoms with E-state index < -0.39 is 0 Å². The van der Waals surface area contributed by atoms with Crippen LogP contribution in [-0.2, 0) is 11.2 Å². The fourth-order valence-corrected chi connectivity index (χ4v) is 3.29. The van der Waals surface area contributed by atoms with E-state index in [2.05, 4.69) is 15.3 Å². The van der Waals surface area contributed by atoms with Gasteiger partial charge in [-0.2, -0.15) is 0 Å². The van der Waals surface area contributed by atoms with Gasteiger partial charge < -0.3 is 15.7 Å². The second kappa shape index (κ2) is 6.93. The number of nitrogens with one attached hydrogen (secondary N) is 3. The number of imidazole rings is 1. The summed E-state index contributed by atoms with van der Waals surface area (Å²) in [5.41, 5.74) is 3.23. The van der Waals surface area contributed by atoms with Gasteiger partial charge in [0.05, 0.1) is 33.8 Å². The maximum atomic E-state index is 12.0. The minimum Gasteiger partial charge on any atom is -0.355 e. The Labute approximate surface area is 142 Å². The zero-order valence-corrected chi connectivity index (χ0v) is 13.8. The first-order valence-electron chi connectivity index (χ1n) is 7.13. The standard InChI is InChI=1S/C16H15ClN4OS/c17-15-4-3-14(23-15)11(18)5-6-19-16(22)8-10-1-2-12-13(7-10)21-9-20-12/h1-4,7,9,18H,5-6,8H2,(H,19,22)(H,20,21). The number of aromatic nitrogens is 2. The van der Waals surface area contributed by atoms with Crippen molar-refractivity contribution in [1.82, 2.24) is 15.3 Å². The zero-order valence-electron chi connectivity index (χ0n) is 12.2. The molecule has 118 valence electrons. The number of H-pyrrole nitrogens is 1. The monoisotopic (exact) mass is 346 g/mol. The van der Waals surface area contributed by atoms with Crippen molar-refractivity contribution < 1.29 is 4.79 Å². The molecule has 0 radical (unpaired) electrons. The van der Waals surface area contributed by atoms with Crippen molar-refractivity contribution >= 4 is 45.6 Å². The third kappa shape index (κ3) is 3.97. The number of hydrogen-bond donors (Lipinski definition) is 3. The van der Waals surface area contributed by atoms with Crippen molar-refractivity contribution in [2.75, 3.05) is 6.54 Å². The van der Waals surface area contributed by atoms with Crippen LogP contribution in [0.4, 0.5) is 0 Å². The van der Waals surface area contributed by atoms with E-state index in [1.54, 1.807) is 12.4 Å². The summed E-state index contributed by atoms with van der Waals surface area (Å²) in [6.45, 7) is 0.444. The number of fused-ring (bicyclic) bond motifs is 1. The molecule has 23 heavy (non-hydrogen) atoms. The number of thiophene rings is 1. The molecule has 0 atom stereocenters. The Kier molecular flexibility index (Phi) is 4.73. The fourth-order valence-electron chi connectivity index (χ4n) is 2.27. The van der Waals surface area contributed by atoms with Crippen LogP contribution in [-0.4, -0.2) is 28.1 Å². The Morgan fingerprint density at radius 2 is 2.22 bits per heavy atom. The molecule has 5 nitrogen and oxygen atoms in total. The SMILES string of the molecule is N=C(CCNC(=O)Cc1ccc2nc[nH]c2c1)c1ccc(Cl)s1. The van der Waals surface area contributed by atoms with Crippen LogP contribution in [0.15, 0.2) is 36.7 Å².